The normalized spacial score (nSPS) is 13.8. The maximum Gasteiger partial charge on any atom is 0.419 e. The van der Waals surface area contributed by atoms with E-state index in [0.717, 1.165) is 0 Å². The van der Waals surface area contributed by atoms with E-state index in [0.29, 0.717) is 53.2 Å². The van der Waals surface area contributed by atoms with Crippen molar-refractivity contribution in [2.45, 2.75) is 253 Å². The average molecular weight is 1410 g/mol. The van der Waals surface area contributed by atoms with E-state index in [1.165, 1.54) is 23.1 Å². The standard InChI is InChI=1S/C74H110N12O15/c1-18-20-32-53(64(91)81-55(40-45(3)4)66(93)82-56(62(89)75-17)43-50-41-48-30-22-24-35-58(48)85(50)70(97)100-73(11,12)13)80-68(95)61(46(5)6)84-65(92)54(34-27-29-39-77-69(96)99-72(8,9)10)79-67(94)57(44-51-42-49-31-23-25-36-59(49)86(51)71(98)101-74(14,15)16)83-63(90)52(78-47(7)87)33-26-28-38-76-60(88)37-21-19-2/h2,22-25,30-31,35-36,41-42,45-46,52-57,61H,18,20-21,26-29,32-34,37-40,43-44H2,1,3-17H3,(H,75,89)(H,76,88)(H,77,96)(H,78,87)(H,79,94)(H,80,95)(H,81,91)(H,82,93)(H,83,90)(H,84,92). The van der Waals surface area contributed by atoms with Crippen LogP contribution in [0, 0.1) is 24.2 Å². The van der Waals surface area contributed by atoms with Gasteiger partial charge in [0.05, 0.1) is 11.0 Å². The van der Waals surface area contributed by atoms with E-state index in [-0.39, 0.29) is 94.8 Å². The van der Waals surface area contributed by atoms with Crippen molar-refractivity contribution in [3.05, 3.63) is 72.1 Å². The Hall–Kier alpha value is -9.48. The molecule has 0 spiro atoms. The van der Waals surface area contributed by atoms with Crippen LogP contribution in [-0.4, -0.2) is 160 Å². The fourth-order valence-corrected chi connectivity index (χ4v) is 11.0. The molecular weight excluding hydrogens is 1300 g/mol. The molecule has 0 bridgehead atoms. The van der Waals surface area contributed by atoms with Crippen molar-refractivity contribution >= 4 is 93.3 Å². The van der Waals surface area contributed by atoms with Crippen LogP contribution in [0.1, 0.15) is 192 Å². The molecule has 101 heavy (non-hydrogen) atoms. The maximum absolute atomic E-state index is 15.3. The number of terminal acetylenes is 1. The fraction of sp³-hybridized carbons (Fsp3) is 0.595. The summed E-state index contributed by atoms with van der Waals surface area (Å²) in [5.41, 5.74) is -1.08. The Balaban J connectivity index is 1.72. The van der Waals surface area contributed by atoms with Gasteiger partial charge in [-0.05, 0) is 150 Å². The van der Waals surface area contributed by atoms with Gasteiger partial charge in [-0.2, -0.15) is 0 Å². The van der Waals surface area contributed by atoms with Crippen molar-refractivity contribution in [3.8, 4) is 12.3 Å². The van der Waals surface area contributed by atoms with Crippen molar-refractivity contribution in [3.63, 3.8) is 0 Å². The smallest absolute Gasteiger partial charge is 0.419 e. The topological polar surface area (TPSA) is 363 Å². The summed E-state index contributed by atoms with van der Waals surface area (Å²) in [4.78, 5) is 168. The molecule has 10 amide bonds. The molecule has 0 radical (unpaired) electrons. The van der Waals surface area contributed by atoms with Crippen LogP contribution in [0.4, 0.5) is 14.4 Å². The summed E-state index contributed by atoms with van der Waals surface area (Å²) in [5.74, 6) is -4.56. The molecule has 0 aliphatic carbocycles. The highest BCUT2D eigenvalue weighted by Gasteiger charge is 2.37. The number of carbonyl (C=O) groups is 12. The van der Waals surface area contributed by atoms with Gasteiger partial charge in [0, 0.05) is 74.9 Å². The molecule has 556 valence electrons. The van der Waals surface area contributed by atoms with Gasteiger partial charge < -0.3 is 67.4 Å². The van der Waals surface area contributed by atoms with E-state index in [4.69, 9.17) is 20.6 Å². The van der Waals surface area contributed by atoms with Gasteiger partial charge in [-0.3, -0.25) is 43.2 Å². The van der Waals surface area contributed by atoms with Crippen molar-refractivity contribution in [1.29, 1.82) is 0 Å². The molecule has 0 fully saturated rings. The molecule has 0 saturated heterocycles. The van der Waals surface area contributed by atoms with E-state index in [1.54, 1.807) is 137 Å². The highest BCUT2D eigenvalue weighted by atomic mass is 16.6. The third-order valence-corrected chi connectivity index (χ3v) is 15.8. The monoisotopic (exact) mass is 1410 g/mol. The van der Waals surface area contributed by atoms with Crippen LogP contribution in [0.3, 0.4) is 0 Å². The minimum absolute atomic E-state index is 0.0709. The molecule has 10 N–H and O–H groups in total. The SMILES string of the molecule is C#CCCC(=O)NCCCCC(NC(C)=O)C(=O)NC(Cc1cc2ccccc2n1C(=O)OC(C)(C)C)C(=O)NC(CCCCNC(=O)OC(C)(C)C)C(=O)NC(C(=O)NC(CCCC)C(=O)NC(CC(C)C)C(=O)NC(Cc1cc2ccccc2n1C(=O)OC(C)(C)C)C(=O)NC)C(C)C. The molecule has 0 aliphatic rings. The molecule has 2 aromatic carbocycles. The molecule has 7 unspecified atom stereocenters. The van der Waals surface area contributed by atoms with Gasteiger partial charge in [0.25, 0.3) is 0 Å². The minimum atomic E-state index is -1.57. The lowest BCUT2D eigenvalue weighted by Gasteiger charge is -2.29. The van der Waals surface area contributed by atoms with Crippen LogP contribution in [-0.2, 0) is 70.2 Å². The van der Waals surface area contributed by atoms with Crippen LogP contribution in [0.15, 0.2) is 60.7 Å². The summed E-state index contributed by atoms with van der Waals surface area (Å²) in [6, 6.07) is 8.08. The summed E-state index contributed by atoms with van der Waals surface area (Å²) in [5, 5.41) is 28.9. The fourth-order valence-electron chi connectivity index (χ4n) is 11.0. The molecule has 0 aliphatic heterocycles. The number of aromatic nitrogens is 2. The zero-order valence-corrected chi connectivity index (χ0v) is 61.9. The van der Waals surface area contributed by atoms with E-state index >= 15 is 9.59 Å². The Labute approximate surface area is 594 Å². The first-order chi connectivity index (χ1) is 47.3. The number of nitrogens with zero attached hydrogens (tertiary/aromatic N) is 2. The number of amides is 10. The number of carbonyl (C=O) groups excluding carboxylic acids is 12. The Morgan fingerprint density at radius 1 is 0.495 bits per heavy atom. The first-order valence-corrected chi connectivity index (χ1v) is 35.0. The van der Waals surface area contributed by atoms with Gasteiger partial charge in [-0.15, -0.1) is 12.3 Å². The lowest BCUT2D eigenvalue weighted by atomic mass is 9.99. The number of rotatable bonds is 36. The molecule has 0 saturated carbocycles. The summed E-state index contributed by atoms with van der Waals surface area (Å²) in [7, 11) is 1.41. The van der Waals surface area contributed by atoms with Gasteiger partial charge in [0.15, 0.2) is 0 Å². The van der Waals surface area contributed by atoms with Crippen molar-refractivity contribution in [2.24, 2.45) is 11.8 Å². The molecule has 4 aromatic rings. The number of likely N-dealkylation sites (N-methyl/N-ethyl adjacent to an activating group) is 1. The first-order valence-electron chi connectivity index (χ1n) is 35.0. The highest BCUT2D eigenvalue weighted by Crippen LogP contribution is 2.26. The third-order valence-electron chi connectivity index (χ3n) is 15.8. The lowest BCUT2D eigenvalue weighted by Crippen LogP contribution is -2.61. The number of hydrogen-bond acceptors (Lipinski definition) is 15. The van der Waals surface area contributed by atoms with Gasteiger partial charge in [0.1, 0.15) is 59.1 Å². The zero-order valence-electron chi connectivity index (χ0n) is 61.9. The predicted molar refractivity (Wildman–Crippen MR) is 385 cm³/mol. The third kappa shape index (κ3) is 28.6. The number of hydrogen-bond donors (Lipinski definition) is 10. The highest BCUT2D eigenvalue weighted by molar-refractivity contribution is 5.99. The quantitative estimate of drug-likeness (QED) is 0.0120. The molecule has 4 rings (SSSR count). The van der Waals surface area contributed by atoms with Crippen LogP contribution in [0.2, 0.25) is 0 Å². The molecule has 2 heterocycles. The number of unbranched alkanes of at least 4 members (excludes halogenated alkanes) is 3. The van der Waals surface area contributed by atoms with Crippen molar-refractivity contribution < 1.29 is 71.7 Å². The molecule has 7 atom stereocenters. The Kier molecular flexibility index (Phi) is 32.8. The van der Waals surface area contributed by atoms with Crippen LogP contribution in [0.5, 0.6) is 0 Å². The largest absolute Gasteiger partial charge is 0.444 e. The Bertz CT molecular complexity index is 3570. The van der Waals surface area contributed by atoms with E-state index < -0.39 is 131 Å². The summed E-state index contributed by atoms with van der Waals surface area (Å²) >= 11 is 0. The van der Waals surface area contributed by atoms with Gasteiger partial charge in [-0.1, -0.05) is 83.9 Å². The summed E-state index contributed by atoms with van der Waals surface area (Å²) in [6.07, 6.45) is 5.45. The Morgan fingerprint density at radius 3 is 1.35 bits per heavy atom. The van der Waals surface area contributed by atoms with E-state index in [1.807, 2.05) is 20.8 Å². The predicted octanol–water partition coefficient (Wildman–Crippen LogP) is 7.39. The van der Waals surface area contributed by atoms with Crippen LogP contribution in [0.25, 0.3) is 21.8 Å². The van der Waals surface area contributed by atoms with Crippen LogP contribution < -0.4 is 53.2 Å². The molecular formula is C74H110N12O15. The van der Waals surface area contributed by atoms with E-state index in [9.17, 15) is 47.9 Å². The van der Waals surface area contributed by atoms with Gasteiger partial charge in [0.2, 0.25) is 53.2 Å². The van der Waals surface area contributed by atoms with E-state index in [2.05, 4.69) is 59.1 Å². The first kappa shape index (κ1) is 83.9. The second kappa shape index (κ2) is 39.5. The lowest BCUT2D eigenvalue weighted by molar-refractivity contribution is -0.136. The molecule has 27 nitrogen and oxygen atoms in total. The minimum Gasteiger partial charge on any atom is -0.444 e. The number of para-hydroxylation sites is 2. The average Bonchev–Trinajstić information content (AvgIpc) is 1.65. The number of nitrogens with one attached hydrogen (secondary N) is 10. The van der Waals surface area contributed by atoms with Gasteiger partial charge in [-0.25, -0.2) is 23.5 Å². The zero-order chi connectivity index (χ0) is 75.5. The van der Waals surface area contributed by atoms with Gasteiger partial charge >= 0.3 is 18.3 Å². The van der Waals surface area contributed by atoms with Crippen molar-refractivity contribution in [1.82, 2.24) is 62.3 Å². The number of benzene rings is 2. The number of alkyl carbamates (subject to hydrolysis) is 1. The molecule has 27 heteroatoms. The van der Waals surface area contributed by atoms with Crippen LogP contribution >= 0.6 is 0 Å². The second-order valence-electron chi connectivity index (χ2n) is 29.1. The molecule has 2 aromatic heterocycles. The number of ether oxygens (including phenoxy) is 3. The Morgan fingerprint density at radius 2 is 0.901 bits per heavy atom. The summed E-state index contributed by atoms with van der Waals surface area (Å²) in [6.45, 7) is 25.9. The number of fused-ring (bicyclic) bond motifs is 2. The second-order valence-corrected chi connectivity index (χ2v) is 29.1. The summed E-state index contributed by atoms with van der Waals surface area (Å²) < 4.78 is 19.7. The van der Waals surface area contributed by atoms with Crippen molar-refractivity contribution in [2.75, 3.05) is 20.1 Å². The maximum atomic E-state index is 15.3.